The molecule has 0 unspecified atom stereocenters. The van der Waals surface area contributed by atoms with Gasteiger partial charge in [-0.25, -0.2) is 4.98 Å². The van der Waals surface area contributed by atoms with Crippen LogP contribution in [0.1, 0.15) is 0 Å². The predicted molar refractivity (Wildman–Crippen MR) is 64.9 cm³/mol. The molecule has 4 nitrogen and oxygen atoms in total. The summed E-state index contributed by atoms with van der Waals surface area (Å²) in [5.74, 6) is -1.64. The number of carbonyl (C=O) groups is 1. The van der Waals surface area contributed by atoms with Crippen molar-refractivity contribution in [3.05, 3.63) is 54.7 Å². The molecule has 19 heavy (non-hydrogen) atoms. The molecule has 2 rings (SSSR count). The number of alkyl halides is 2. The Bertz CT molecular complexity index is 547. The Labute approximate surface area is 108 Å². The van der Waals surface area contributed by atoms with Crippen LogP contribution < -0.4 is 10.1 Å². The Kier molecular flexibility index (Phi) is 3.70. The molecule has 1 aromatic heterocycles. The van der Waals surface area contributed by atoms with Gasteiger partial charge in [0.25, 0.3) is 0 Å². The van der Waals surface area contributed by atoms with Gasteiger partial charge in [-0.2, -0.15) is 8.78 Å². The van der Waals surface area contributed by atoms with Crippen molar-refractivity contribution < 1.29 is 18.3 Å². The highest BCUT2D eigenvalue weighted by atomic mass is 19.3. The lowest BCUT2D eigenvalue weighted by Crippen LogP contribution is -2.40. The van der Waals surface area contributed by atoms with E-state index >= 15 is 0 Å². The molecule has 1 aromatic carbocycles. The van der Waals surface area contributed by atoms with Crippen LogP contribution in [-0.2, 0) is 4.79 Å². The quantitative estimate of drug-likeness (QED) is 0.923. The fraction of sp³-hybridized carbons (Fsp3) is 0.0769. The number of carbonyl (C=O) groups excluding carboxylic acids is 1. The maximum atomic E-state index is 13.5. The smallest absolute Gasteiger partial charge is 0.425 e. The van der Waals surface area contributed by atoms with Crippen molar-refractivity contribution in [2.24, 2.45) is 0 Å². The number of benzene rings is 1. The molecule has 0 bridgehead atoms. The van der Waals surface area contributed by atoms with Crippen LogP contribution in [0.25, 0.3) is 0 Å². The molecule has 0 aliphatic carbocycles. The molecule has 1 amide bonds. The molecule has 0 atom stereocenters. The highest BCUT2D eigenvalue weighted by molar-refractivity contribution is 5.94. The molecule has 98 valence electrons. The van der Waals surface area contributed by atoms with Crippen LogP contribution in [0, 0.1) is 0 Å². The van der Waals surface area contributed by atoms with Crippen molar-refractivity contribution in [1.82, 2.24) is 4.98 Å². The van der Waals surface area contributed by atoms with E-state index in [0.29, 0.717) is 0 Å². The molecule has 0 saturated carbocycles. The number of aromatic nitrogens is 1. The minimum Gasteiger partial charge on any atom is -0.425 e. The van der Waals surface area contributed by atoms with Crippen LogP contribution in [-0.4, -0.2) is 17.0 Å². The Morgan fingerprint density at radius 3 is 2.42 bits per heavy atom. The largest absolute Gasteiger partial charge is 0.482 e. The number of nitrogens with zero attached hydrogens (tertiary/aromatic N) is 1. The monoisotopic (exact) mass is 264 g/mol. The standard InChI is InChI=1S/C13H10F2N2O2/c14-13(15,19-10-6-2-1-3-7-10)12(18)17-11-8-4-5-9-16-11/h1-9H,(H,16,17,18). The summed E-state index contributed by atoms with van der Waals surface area (Å²) in [6.45, 7) is 0. The van der Waals surface area contributed by atoms with Gasteiger partial charge < -0.3 is 10.1 Å². The summed E-state index contributed by atoms with van der Waals surface area (Å²) in [6.07, 6.45) is -2.59. The lowest BCUT2D eigenvalue weighted by molar-refractivity contribution is -0.187. The van der Waals surface area contributed by atoms with E-state index in [1.807, 2.05) is 5.32 Å². The van der Waals surface area contributed by atoms with Gasteiger partial charge in [0.1, 0.15) is 11.6 Å². The SMILES string of the molecule is O=C(Nc1ccccn1)C(F)(F)Oc1ccccc1. The zero-order valence-corrected chi connectivity index (χ0v) is 9.72. The number of halogens is 2. The molecular formula is C13H10F2N2O2. The number of ether oxygens (including phenoxy) is 1. The summed E-state index contributed by atoms with van der Waals surface area (Å²) in [5, 5.41) is 1.98. The van der Waals surface area contributed by atoms with E-state index in [1.165, 1.54) is 36.5 Å². The zero-order valence-electron chi connectivity index (χ0n) is 9.72. The van der Waals surface area contributed by atoms with Gasteiger partial charge in [-0.05, 0) is 24.3 Å². The first-order valence-corrected chi connectivity index (χ1v) is 5.42. The van der Waals surface area contributed by atoms with Crippen LogP contribution in [0.2, 0.25) is 0 Å². The van der Waals surface area contributed by atoms with Crippen LogP contribution in [0.4, 0.5) is 14.6 Å². The lowest BCUT2D eigenvalue weighted by Gasteiger charge is -2.16. The molecule has 2 aromatic rings. The minimum atomic E-state index is -3.97. The second-order valence-electron chi connectivity index (χ2n) is 3.60. The molecule has 0 saturated heterocycles. The van der Waals surface area contributed by atoms with Gasteiger partial charge in [-0.1, -0.05) is 24.3 Å². The zero-order chi connectivity index (χ0) is 13.7. The molecule has 0 aliphatic rings. The van der Waals surface area contributed by atoms with E-state index in [1.54, 1.807) is 18.2 Å². The third-order valence-corrected chi connectivity index (χ3v) is 2.16. The van der Waals surface area contributed by atoms with Gasteiger partial charge >= 0.3 is 12.0 Å². The molecule has 0 spiro atoms. The summed E-state index contributed by atoms with van der Waals surface area (Å²) in [4.78, 5) is 15.1. The van der Waals surface area contributed by atoms with E-state index < -0.39 is 12.0 Å². The van der Waals surface area contributed by atoms with Crippen molar-refractivity contribution in [2.45, 2.75) is 6.11 Å². The molecule has 0 aliphatic heterocycles. The highest BCUT2D eigenvalue weighted by Crippen LogP contribution is 2.22. The summed E-state index contributed by atoms with van der Waals surface area (Å²) < 4.78 is 31.4. The Morgan fingerprint density at radius 1 is 1.11 bits per heavy atom. The molecule has 6 heteroatoms. The van der Waals surface area contributed by atoms with Gasteiger partial charge in [0, 0.05) is 6.20 Å². The first kappa shape index (κ1) is 12.9. The van der Waals surface area contributed by atoms with E-state index in [9.17, 15) is 13.6 Å². The van der Waals surface area contributed by atoms with Crippen LogP contribution >= 0.6 is 0 Å². The topological polar surface area (TPSA) is 51.2 Å². The third-order valence-electron chi connectivity index (χ3n) is 2.16. The number of hydrogen-bond acceptors (Lipinski definition) is 3. The number of nitrogens with one attached hydrogen (secondary N) is 1. The number of pyridine rings is 1. The van der Waals surface area contributed by atoms with E-state index in [0.717, 1.165) is 0 Å². The maximum Gasteiger partial charge on any atom is 0.482 e. The van der Waals surface area contributed by atoms with E-state index in [2.05, 4.69) is 9.72 Å². The molecule has 1 N–H and O–H groups in total. The van der Waals surface area contributed by atoms with E-state index in [-0.39, 0.29) is 11.6 Å². The van der Waals surface area contributed by atoms with Crippen LogP contribution in [0.15, 0.2) is 54.7 Å². The van der Waals surface area contributed by atoms with Gasteiger partial charge in [0.05, 0.1) is 0 Å². The minimum absolute atomic E-state index is 0.0313. The van der Waals surface area contributed by atoms with Gasteiger partial charge in [0.2, 0.25) is 0 Å². The lowest BCUT2D eigenvalue weighted by atomic mass is 10.3. The summed E-state index contributed by atoms with van der Waals surface area (Å²) in [7, 11) is 0. The van der Waals surface area contributed by atoms with Crippen molar-refractivity contribution in [2.75, 3.05) is 5.32 Å². The van der Waals surface area contributed by atoms with Crippen molar-refractivity contribution >= 4 is 11.7 Å². The number of amides is 1. The average Bonchev–Trinajstić information content (AvgIpc) is 2.40. The predicted octanol–water partition coefficient (Wildman–Crippen LogP) is 2.69. The van der Waals surface area contributed by atoms with Crippen molar-refractivity contribution in [3.63, 3.8) is 0 Å². The fourth-order valence-electron chi connectivity index (χ4n) is 1.31. The Hall–Kier alpha value is -2.50. The highest BCUT2D eigenvalue weighted by Gasteiger charge is 2.42. The number of rotatable bonds is 4. The fourth-order valence-corrected chi connectivity index (χ4v) is 1.31. The first-order chi connectivity index (χ1) is 9.08. The summed E-state index contributed by atoms with van der Waals surface area (Å²) >= 11 is 0. The molecular weight excluding hydrogens is 254 g/mol. The summed E-state index contributed by atoms with van der Waals surface area (Å²) in [5.41, 5.74) is 0. The second kappa shape index (κ2) is 5.43. The average molecular weight is 264 g/mol. The number of hydrogen-bond donors (Lipinski definition) is 1. The number of para-hydroxylation sites is 1. The van der Waals surface area contributed by atoms with Crippen LogP contribution in [0.5, 0.6) is 5.75 Å². The normalized spacial score (nSPS) is 10.8. The van der Waals surface area contributed by atoms with Gasteiger partial charge in [0.15, 0.2) is 0 Å². The van der Waals surface area contributed by atoms with Crippen molar-refractivity contribution in [1.29, 1.82) is 0 Å². The maximum absolute atomic E-state index is 13.5. The van der Waals surface area contributed by atoms with Gasteiger partial charge in [-0.3, -0.25) is 4.79 Å². The van der Waals surface area contributed by atoms with E-state index in [4.69, 9.17) is 0 Å². The number of anilines is 1. The Morgan fingerprint density at radius 2 is 1.79 bits per heavy atom. The third kappa shape index (κ3) is 3.48. The molecule has 0 fully saturated rings. The van der Waals surface area contributed by atoms with Crippen molar-refractivity contribution in [3.8, 4) is 5.75 Å². The second-order valence-corrected chi connectivity index (χ2v) is 3.60. The molecule has 0 radical (unpaired) electrons. The van der Waals surface area contributed by atoms with Gasteiger partial charge in [-0.15, -0.1) is 0 Å². The van der Waals surface area contributed by atoms with Crippen LogP contribution in [0.3, 0.4) is 0 Å². The molecule has 1 heterocycles. The Balaban J connectivity index is 2.05. The first-order valence-electron chi connectivity index (χ1n) is 5.42. The summed E-state index contributed by atoms with van der Waals surface area (Å²) in [6, 6.07) is 12.0.